The number of benzene rings is 5. The van der Waals surface area contributed by atoms with Gasteiger partial charge in [-0.15, -0.1) is 11.4 Å². The van der Waals surface area contributed by atoms with E-state index in [0.717, 1.165) is 11.4 Å². The molecule has 0 aliphatic carbocycles. The third-order valence-corrected chi connectivity index (χ3v) is 10.7. The molecular weight excluding hydrogens is 447 g/mol. The Balaban J connectivity index is 0.000000165. The molecule has 0 aromatic heterocycles. The minimum Gasteiger partial charge on any atom is -0.658 e. The van der Waals surface area contributed by atoms with E-state index in [4.69, 9.17) is 0 Å². The largest absolute Gasteiger partial charge is 0.658 e. The minimum atomic E-state index is -1.63. The molecule has 1 radical (unpaired) electrons. The fourth-order valence-electron chi connectivity index (χ4n) is 3.47. The molecule has 0 heterocycles. The van der Waals surface area contributed by atoms with E-state index in [1.54, 1.807) is 0 Å². The van der Waals surface area contributed by atoms with Crippen molar-refractivity contribution in [2.24, 2.45) is 0 Å². The van der Waals surface area contributed by atoms with Crippen LogP contribution >= 0.6 is 0 Å². The summed E-state index contributed by atoms with van der Waals surface area (Å²) in [5.74, 6) is 0. The van der Waals surface area contributed by atoms with Gasteiger partial charge >= 0.3 is 119 Å². The van der Waals surface area contributed by atoms with Crippen LogP contribution < -0.4 is 13.2 Å². The Labute approximate surface area is 195 Å². The van der Waals surface area contributed by atoms with Crippen molar-refractivity contribution >= 4 is 38.9 Å². The van der Waals surface area contributed by atoms with Gasteiger partial charge in [0.25, 0.3) is 0 Å². The van der Waals surface area contributed by atoms with E-state index in [9.17, 15) is 0 Å². The Hall–Kier alpha value is -3.56. The van der Waals surface area contributed by atoms with Crippen molar-refractivity contribution in [3.05, 3.63) is 157 Å². The average molecular weight is 472 g/mol. The molecule has 1 nitrogen and oxygen atoms in total. The van der Waals surface area contributed by atoms with Gasteiger partial charge in [0.1, 0.15) is 0 Å². The SMILES string of the molecule is c1cc[c]([Ge]([c]2ccccc2)[c]2ccccc2)cc1.c1ccc([N-]c2ccccc2)cc1. The van der Waals surface area contributed by atoms with E-state index in [1.807, 2.05) is 60.7 Å². The van der Waals surface area contributed by atoms with Crippen LogP contribution in [0.5, 0.6) is 0 Å². The van der Waals surface area contributed by atoms with Gasteiger partial charge in [-0.2, -0.15) is 0 Å². The van der Waals surface area contributed by atoms with E-state index in [2.05, 4.69) is 96.3 Å². The van der Waals surface area contributed by atoms with Gasteiger partial charge < -0.3 is 5.32 Å². The van der Waals surface area contributed by atoms with Crippen molar-refractivity contribution in [1.29, 1.82) is 0 Å². The molecule has 5 rings (SSSR count). The van der Waals surface area contributed by atoms with E-state index in [1.165, 1.54) is 13.2 Å². The Kier molecular flexibility index (Phi) is 7.94. The van der Waals surface area contributed by atoms with Crippen LogP contribution in [0.3, 0.4) is 0 Å². The predicted molar refractivity (Wildman–Crippen MR) is 140 cm³/mol. The standard InChI is InChI=1S/C18H15Ge.C12H10N/c1-4-10-16(11-5-1)19(17-12-6-2-7-13-17)18-14-8-3-9-15-18;1-3-7-11(8-4-1)13-12-9-5-2-6-10-12/h1-15H;1-10H/q;-1. The van der Waals surface area contributed by atoms with Gasteiger partial charge in [0.2, 0.25) is 0 Å². The van der Waals surface area contributed by atoms with Gasteiger partial charge in [-0.05, 0) is 0 Å². The van der Waals surface area contributed by atoms with Crippen LogP contribution in [0.25, 0.3) is 5.32 Å². The predicted octanol–water partition coefficient (Wildman–Crippen LogP) is 6.23. The number of para-hydroxylation sites is 2. The number of hydrogen-bond acceptors (Lipinski definition) is 0. The number of hydrogen-bond donors (Lipinski definition) is 0. The third kappa shape index (κ3) is 6.22. The molecule has 5 aromatic rings. The van der Waals surface area contributed by atoms with Gasteiger partial charge in [-0.1, -0.05) is 60.7 Å². The van der Waals surface area contributed by atoms with Crippen LogP contribution in [0.1, 0.15) is 0 Å². The molecule has 0 saturated heterocycles. The summed E-state index contributed by atoms with van der Waals surface area (Å²) in [6.07, 6.45) is 0. The molecule has 0 fully saturated rings. The number of rotatable bonds is 5. The first-order valence-electron chi connectivity index (χ1n) is 10.8. The van der Waals surface area contributed by atoms with Crippen LogP contribution in [0.15, 0.2) is 152 Å². The van der Waals surface area contributed by atoms with Gasteiger partial charge in [-0.3, -0.25) is 0 Å². The molecule has 5 aromatic carbocycles. The molecule has 2 heteroatoms. The Morgan fingerprint density at radius 3 is 0.844 bits per heavy atom. The van der Waals surface area contributed by atoms with Crippen LogP contribution in [-0.2, 0) is 0 Å². The molecule has 155 valence electrons. The van der Waals surface area contributed by atoms with Gasteiger partial charge in [0, 0.05) is 0 Å². The molecule has 0 saturated carbocycles. The zero-order valence-corrected chi connectivity index (χ0v) is 20.0. The van der Waals surface area contributed by atoms with Gasteiger partial charge in [0.05, 0.1) is 0 Å². The maximum Gasteiger partial charge on any atom is -0.0624 e. The zero-order valence-electron chi connectivity index (χ0n) is 17.9. The second-order valence-electron chi connectivity index (χ2n) is 7.26. The van der Waals surface area contributed by atoms with Gasteiger partial charge in [0.15, 0.2) is 0 Å². The van der Waals surface area contributed by atoms with E-state index >= 15 is 0 Å². The van der Waals surface area contributed by atoms with E-state index < -0.39 is 14.3 Å². The molecule has 0 aliphatic rings. The summed E-state index contributed by atoms with van der Waals surface area (Å²) < 4.78 is 4.50. The molecule has 32 heavy (non-hydrogen) atoms. The Morgan fingerprint density at radius 1 is 0.312 bits per heavy atom. The topological polar surface area (TPSA) is 14.1 Å². The summed E-state index contributed by atoms with van der Waals surface area (Å²) in [6.45, 7) is 0. The first-order chi connectivity index (χ1) is 15.9. The summed E-state index contributed by atoms with van der Waals surface area (Å²) in [7, 11) is 0. The normalized spacial score (nSPS) is 10.2. The summed E-state index contributed by atoms with van der Waals surface area (Å²) in [5.41, 5.74) is 1.99. The van der Waals surface area contributed by atoms with Crippen LogP contribution in [0.4, 0.5) is 11.4 Å². The molecule has 0 spiro atoms. The third-order valence-electron chi connectivity index (χ3n) is 4.96. The van der Waals surface area contributed by atoms with E-state index in [-0.39, 0.29) is 0 Å². The van der Waals surface area contributed by atoms with Crippen LogP contribution in [-0.4, -0.2) is 14.3 Å². The minimum absolute atomic E-state index is 0.994. The summed E-state index contributed by atoms with van der Waals surface area (Å²) >= 11 is -1.63. The first kappa shape index (κ1) is 21.7. The van der Waals surface area contributed by atoms with Crippen molar-refractivity contribution in [2.75, 3.05) is 0 Å². The van der Waals surface area contributed by atoms with Crippen molar-refractivity contribution in [2.45, 2.75) is 0 Å². The molecule has 0 N–H and O–H groups in total. The zero-order chi connectivity index (χ0) is 21.8. The van der Waals surface area contributed by atoms with Crippen LogP contribution in [0.2, 0.25) is 0 Å². The maximum absolute atomic E-state index is 4.44. The van der Waals surface area contributed by atoms with Crippen LogP contribution in [0, 0.1) is 0 Å². The van der Waals surface area contributed by atoms with Gasteiger partial charge in [-0.25, -0.2) is 0 Å². The monoisotopic (exact) mass is 473 g/mol. The molecule has 0 unspecified atom stereocenters. The van der Waals surface area contributed by atoms with Crippen molar-refractivity contribution in [3.8, 4) is 0 Å². The smallest absolute Gasteiger partial charge is 0.0624 e. The molecule has 0 bridgehead atoms. The fourth-order valence-corrected chi connectivity index (χ4v) is 8.88. The molecule has 0 aliphatic heterocycles. The first-order valence-corrected chi connectivity index (χ1v) is 13.9. The molecule has 0 atom stereocenters. The average Bonchev–Trinajstić information content (AvgIpc) is 2.88. The van der Waals surface area contributed by atoms with E-state index in [0.29, 0.717) is 0 Å². The summed E-state index contributed by atoms with van der Waals surface area (Å²) in [5, 5.41) is 4.44. The van der Waals surface area contributed by atoms with Crippen molar-refractivity contribution in [3.63, 3.8) is 0 Å². The second-order valence-corrected chi connectivity index (χ2v) is 12.5. The fraction of sp³-hybridized carbons (Fsp3) is 0. The molecule has 0 amide bonds. The van der Waals surface area contributed by atoms with Crippen molar-refractivity contribution < 1.29 is 0 Å². The number of nitrogens with zero attached hydrogens (tertiary/aromatic N) is 1. The molecular formula is C30H25GeN-. The second kappa shape index (κ2) is 11.7. The summed E-state index contributed by atoms with van der Waals surface area (Å²) in [4.78, 5) is 0. The van der Waals surface area contributed by atoms with Crippen molar-refractivity contribution in [1.82, 2.24) is 0 Å². The maximum atomic E-state index is 4.44. The summed E-state index contributed by atoms with van der Waals surface area (Å²) in [6, 6.07) is 52.7. The quantitative estimate of drug-likeness (QED) is 0.270. The Bertz CT molecular complexity index is 1030. The Morgan fingerprint density at radius 2 is 0.562 bits per heavy atom.